The zero-order chi connectivity index (χ0) is 15.9. The number of hydrogen-bond donors (Lipinski definition) is 1. The molecule has 1 aromatic carbocycles. The molecule has 0 radical (unpaired) electrons. The van der Waals surface area contributed by atoms with Gasteiger partial charge in [0.15, 0.2) is 0 Å². The Morgan fingerprint density at radius 3 is 2.61 bits per heavy atom. The first-order valence-corrected chi connectivity index (χ1v) is 9.16. The van der Waals surface area contributed by atoms with Gasteiger partial charge in [-0.15, -0.1) is 11.8 Å². The molecule has 1 saturated carbocycles. The van der Waals surface area contributed by atoms with Crippen LogP contribution in [0.25, 0.3) is 0 Å². The Bertz CT molecular complexity index is 596. The minimum absolute atomic E-state index is 0.0860. The monoisotopic (exact) mass is 330 g/mol. The summed E-state index contributed by atoms with van der Waals surface area (Å²) < 4.78 is 0. The molecule has 0 aliphatic heterocycles. The molecule has 1 aliphatic rings. The Labute approximate surface area is 140 Å². The third-order valence-corrected chi connectivity index (χ3v) is 5.47. The van der Waals surface area contributed by atoms with E-state index >= 15 is 0 Å². The average Bonchev–Trinajstić information content (AvgIpc) is 3.27. The minimum atomic E-state index is -0.111. The first-order valence-electron chi connectivity index (χ1n) is 8.11. The largest absolute Gasteiger partial charge is 0.347 e. The normalized spacial score (nSPS) is 16.3. The summed E-state index contributed by atoms with van der Waals surface area (Å²) >= 11 is 1.79. The van der Waals surface area contributed by atoms with Gasteiger partial charge in [0.25, 0.3) is 0 Å². The van der Waals surface area contributed by atoms with Crippen LogP contribution in [0.15, 0.2) is 42.7 Å². The Hall–Kier alpha value is -1.82. The van der Waals surface area contributed by atoms with Crippen molar-refractivity contribution in [2.45, 2.75) is 43.5 Å². The SMILES string of the molecule is O=C(CSC1CCCC1)N[C@@H](Cn1nccn1)c1ccccc1. The second-order valence-electron chi connectivity index (χ2n) is 5.83. The molecule has 1 atom stereocenters. The van der Waals surface area contributed by atoms with Crippen LogP contribution in [0.4, 0.5) is 0 Å². The van der Waals surface area contributed by atoms with Crippen molar-refractivity contribution in [1.82, 2.24) is 20.3 Å². The van der Waals surface area contributed by atoms with Crippen LogP contribution >= 0.6 is 11.8 Å². The van der Waals surface area contributed by atoms with Crippen molar-refractivity contribution < 1.29 is 4.79 Å². The second-order valence-corrected chi connectivity index (χ2v) is 7.12. The summed E-state index contributed by atoms with van der Waals surface area (Å²) in [6.07, 6.45) is 8.40. The summed E-state index contributed by atoms with van der Waals surface area (Å²) in [6.45, 7) is 0.539. The standard InChI is InChI=1S/C17H22N4OS/c22-17(13-23-15-8-4-5-9-15)20-16(12-21-18-10-11-19-21)14-6-2-1-3-7-14/h1-3,6-7,10-11,15-16H,4-5,8-9,12-13H2,(H,20,22)/t16-/m0/s1. The van der Waals surface area contributed by atoms with E-state index in [0.717, 1.165) is 5.56 Å². The fourth-order valence-electron chi connectivity index (χ4n) is 2.91. The van der Waals surface area contributed by atoms with Crippen LogP contribution in [0, 0.1) is 0 Å². The summed E-state index contributed by atoms with van der Waals surface area (Å²) in [5.41, 5.74) is 1.07. The van der Waals surface area contributed by atoms with E-state index < -0.39 is 0 Å². The van der Waals surface area contributed by atoms with E-state index in [-0.39, 0.29) is 11.9 Å². The molecule has 5 nitrogen and oxygen atoms in total. The van der Waals surface area contributed by atoms with E-state index in [1.165, 1.54) is 25.7 Å². The van der Waals surface area contributed by atoms with E-state index in [9.17, 15) is 4.79 Å². The summed E-state index contributed by atoms with van der Waals surface area (Å²) in [5, 5.41) is 12.1. The quantitative estimate of drug-likeness (QED) is 0.848. The first kappa shape index (κ1) is 16.1. The summed E-state index contributed by atoms with van der Waals surface area (Å²) in [6, 6.07) is 9.89. The van der Waals surface area contributed by atoms with Gasteiger partial charge in [-0.25, -0.2) is 0 Å². The topological polar surface area (TPSA) is 59.8 Å². The number of carbonyl (C=O) groups is 1. The fraction of sp³-hybridized carbons (Fsp3) is 0.471. The number of amides is 1. The molecule has 0 saturated heterocycles. The number of benzene rings is 1. The lowest BCUT2D eigenvalue weighted by atomic mass is 10.1. The number of rotatable bonds is 7. The summed E-state index contributed by atoms with van der Waals surface area (Å²) in [5.74, 6) is 0.614. The number of nitrogens with zero attached hydrogens (tertiary/aromatic N) is 3. The van der Waals surface area contributed by atoms with Crippen molar-refractivity contribution in [2.75, 3.05) is 5.75 Å². The predicted octanol–water partition coefficient (Wildman–Crippen LogP) is 2.81. The average molecular weight is 330 g/mol. The molecule has 2 aromatic rings. The lowest BCUT2D eigenvalue weighted by molar-refractivity contribution is -0.119. The van der Waals surface area contributed by atoms with Gasteiger partial charge >= 0.3 is 0 Å². The van der Waals surface area contributed by atoms with Gasteiger partial charge in [-0.1, -0.05) is 43.2 Å². The van der Waals surface area contributed by atoms with Crippen LogP contribution in [0.1, 0.15) is 37.3 Å². The molecule has 3 rings (SSSR count). The fourth-order valence-corrected chi connectivity index (χ4v) is 4.04. The van der Waals surface area contributed by atoms with Crippen molar-refractivity contribution >= 4 is 17.7 Å². The summed E-state index contributed by atoms with van der Waals surface area (Å²) in [4.78, 5) is 13.9. The number of carbonyl (C=O) groups excluding carboxylic acids is 1. The van der Waals surface area contributed by atoms with Crippen LogP contribution in [-0.2, 0) is 11.3 Å². The van der Waals surface area contributed by atoms with Crippen molar-refractivity contribution in [2.24, 2.45) is 0 Å². The zero-order valence-electron chi connectivity index (χ0n) is 13.1. The maximum atomic E-state index is 12.3. The molecule has 23 heavy (non-hydrogen) atoms. The molecule has 1 aromatic heterocycles. The van der Waals surface area contributed by atoms with Crippen molar-refractivity contribution in [1.29, 1.82) is 0 Å². The molecule has 6 heteroatoms. The molecule has 1 aliphatic carbocycles. The van der Waals surface area contributed by atoms with Crippen LogP contribution in [0.2, 0.25) is 0 Å². The third-order valence-electron chi connectivity index (χ3n) is 4.10. The number of aromatic nitrogens is 3. The van der Waals surface area contributed by atoms with Gasteiger partial charge in [0.2, 0.25) is 5.91 Å². The highest BCUT2D eigenvalue weighted by molar-refractivity contribution is 8.00. The molecule has 1 heterocycles. The van der Waals surface area contributed by atoms with Crippen molar-refractivity contribution in [3.05, 3.63) is 48.3 Å². The predicted molar refractivity (Wildman–Crippen MR) is 92.1 cm³/mol. The molecule has 0 bridgehead atoms. The van der Waals surface area contributed by atoms with E-state index in [4.69, 9.17) is 0 Å². The Morgan fingerprint density at radius 1 is 1.22 bits per heavy atom. The highest BCUT2D eigenvalue weighted by atomic mass is 32.2. The number of nitrogens with one attached hydrogen (secondary N) is 1. The smallest absolute Gasteiger partial charge is 0.230 e. The van der Waals surface area contributed by atoms with Crippen molar-refractivity contribution in [3.8, 4) is 0 Å². The van der Waals surface area contributed by atoms with Gasteiger partial charge in [-0.3, -0.25) is 4.79 Å². The second kappa shape index (κ2) is 8.15. The molecule has 1 N–H and O–H groups in total. The van der Waals surface area contributed by atoms with E-state index in [1.54, 1.807) is 29.0 Å². The maximum Gasteiger partial charge on any atom is 0.230 e. The third kappa shape index (κ3) is 4.82. The first-order chi connectivity index (χ1) is 11.3. The van der Waals surface area contributed by atoms with E-state index in [2.05, 4.69) is 15.5 Å². The van der Waals surface area contributed by atoms with Gasteiger partial charge < -0.3 is 5.32 Å². The number of hydrogen-bond acceptors (Lipinski definition) is 4. The molecule has 0 spiro atoms. The van der Waals surface area contributed by atoms with E-state index in [1.807, 2.05) is 30.3 Å². The van der Waals surface area contributed by atoms with Gasteiger partial charge in [-0.2, -0.15) is 15.0 Å². The number of thioether (sulfide) groups is 1. The molecular formula is C17H22N4OS. The maximum absolute atomic E-state index is 12.3. The van der Waals surface area contributed by atoms with Gasteiger partial charge in [-0.05, 0) is 18.4 Å². The van der Waals surface area contributed by atoms with Crippen LogP contribution in [0.3, 0.4) is 0 Å². The Kier molecular flexibility index (Phi) is 5.69. The van der Waals surface area contributed by atoms with Crippen LogP contribution in [0.5, 0.6) is 0 Å². The van der Waals surface area contributed by atoms with Crippen LogP contribution < -0.4 is 5.32 Å². The molecular weight excluding hydrogens is 308 g/mol. The van der Waals surface area contributed by atoms with E-state index in [0.29, 0.717) is 17.5 Å². The highest BCUT2D eigenvalue weighted by Gasteiger charge is 2.19. The molecule has 122 valence electrons. The molecule has 1 fully saturated rings. The van der Waals surface area contributed by atoms with Gasteiger partial charge in [0.05, 0.1) is 30.7 Å². The van der Waals surface area contributed by atoms with Gasteiger partial charge in [0, 0.05) is 5.25 Å². The lowest BCUT2D eigenvalue weighted by Gasteiger charge is -2.19. The highest BCUT2D eigenvalue weighted by Crippen LogP contribution is 2.29. The zero-order valence-corrected chi connectivity index (χ0v) is 13.9. The van der Waals surface area contributed by atoms with Crippen LogP contribution in [-0.4, -0.2) is 31.9 Å². The summed E-state index contributed by atoms with van der Waals surface area (Å²) in [7, 11) is 0. The molecule has 1 amide bonds. The van der Waals surface area contributed by atoms with Gasteiger partial charge in [0.1, 0.15) is 0 Å². The Balaban J connectivity index is 1.59. The van der Waals surface area contributed by atoms with Crippen molar-refractivity contribution in [3.63, 3.8) is 0 Å². The minimum Gasteiger partial charge on any atom is -0.347 e. The lowest BCUT2D eigenvalue weighted by Crippen LogP contribution is -2.33. The Morgan fingerprint density at radius 2 is 1.91 bits per heavy atom. The molecule has 0 unspecified atom stereocenters.